The molecule has 98 valence electrons. The average molecular weight is 250 g/mol. The molecule has 1 atom stereocenters. The molecule has 1 aliphatic heterocycles. The number of anilines is 1. The summed E-state index contributed by atoms with van der Waals surface area (Å²) < 4.78 is 5.72. The molecule has 0 fully saturated rings. The molecule has 4 N–H and O–H groups in total. The number of hydrogen-bond acceptors (Lipinski definition) is 5. The van der Waals surface area contributed by atoms with E-state index < -0.39 is 12.1 Å². The van der Waals surface area contributed by atoms with E-state index in [1.165, 1.54) is 0 Å². The molecular weight excluding hydrogens is 232 g/mol. The van der Waals surface area contributed by atoms with E-state index in [0.29, 0.717) is 6.42 Å². The Morgan fingerprint density at radius 1 is 1.28 bits per heavy atom. The molecule has 1 unspecified atom stereocenters. The number of carbonyl (C=O) groups is 1. The van der Waals surface area contributed by atoms with E-state index >= 15 is 0 Å². The predicted octanol–water partition coefficient (Wildman–Crippen LogP) is 1.30. The Bertz CT molecular complexity index is 512. The number of hydrogen-bond donors (Lipinski definition) is 2. The molecule has 0 aliphatic carbocycles. The van der Waals surface area contributed by atoms with Crippen molar-refractivity contribution < 1.29 is 14.4 Å². The Morgan fingerprint density at radius 3 is 2.56 bits per heavy atom. The largest absolute Gasteiger partial charge is 0.478 e. The predicted molar refractivity (Wildman–Crippen MR) is 68.1 cm³/mol. The van der Waals surface area contributed by atoms with Crippen LogP contribution in [0.4, 0.5) is 5.69 Å². The topological polar surface area (TPSA) is 87.6 Å². The van der Waals surface area contributed by atoms with Crippen molar-refractivity contribution in [2.75, 3.05) is 5.73 Å². The lowest BCUT2D eigenvalue weighted by Crippen LogP contribution is -2.35. The van der Waals surface area contributed by atoms with Gasteiger partial charge in [-0.3, -0.25) is 0 Å². The minimum atomic E-state index is -0.622. The van der Waals surface area contributed by atoms with Gasteiger partial charge in [-0.05, 0) is 55.9 Å². The van der Waals surface area contributed by atoms with Gasteiger partial charge in [0.25, 0.3) is 0 Å². The van der Waals surface area contributed by atoms with Gasteiger partial charge in [-0.2, -0.15) is 5.90 Å². The van der Waals surface area contributed by atoms with Crippen molar-refractivity contribution in [2.24, 2.45) is 5.90 Å². The van der Waals surface area contributed by atoms with Crippen LogP contribution in [-0.4, -0.2) is 12.1 Å². The molecule has 1 aromatic carbocycles. The fourth-order valence-electron chi connectivity index (χ4n) is 2.39. The number of carbonyl (C=O) groups excluding carboxylic acids is 1. The molecule has 2 rings (SSSR count). The first-order valence-electron chi connectivity index (χ1n) is 5.92. The third-order valence-electron chi connectivity index (χ3n) is 3.73. The average Bonchev–Trinajstić information content (AvgIpc) is 2.41. The summed E-state index contributed by atoms with van der Waals surface area (Å²) in [6, 6.07) is 0. The summed E-state index contributed by atoms with van der Waals surface area (Å²) in [6.45, 7) is 5.87. The fourth-order valence-corrected chi connectivity index (χ4v) is 2.39. The van der Waals surface area contributed by atoms with Gasteiger partial charge in [0.05, 0.1) is 0 Å². The van der Waals surface area contributed by atoms with E-state index in [4.69, 9.17) is 16.4 Å². The lowest BCUT2D eigenvalue weighted by Gasteiger charge is -2.28. The van der Waals surface area contributed by atoms with Crippen molar-refractivity contribution in [3.8, 4) is 5.75 Å². The number of rotatable bonds is 1. The standard InChI is InChI=1S/C13H18N2O3/c1-6-7(2)12-9(8(3)11(6)14)4-5-10(17-12)13(16)18-15/h10H,4-5,14-15H2,1-3H3. The zero-order valence-corrected chi connectivity index (χ0v) is 10.9. The summed E-state index contributed by atoms with van der Waals surface area (Å²) >= 11 is 0. The third kappa shape index (κ3) is 1.80. The quantitative estimate of drug-likeness (QED) is 0.579. The van der Waals surface area contributed by atoms with Crippen LogP contribution >= 0.6 is 0 Å². The van der Waals surface area contributed by atoms with Crippen molar-refractivity contribution >= 4 is 11.7 Å². The second-order valence-electron chi connectivity index (χ2n) is 4.68. The van der Waals surface area contributed by atoms with Crippen molar-refractivity contribution in [2.45, 2.75) is 39.7 Å². The highest BCUT2D eigenvalue weighted by atomic mass is 16.7. The molecule has 1 aromatic rings. The van der Waals surface area contributed by atoms with Gasteiger partial charge in [0.1, 0.15) is 5.75 Å². The molecule has 0 radical (unpaired) electrons. The van der Waals surface area contributed by atoms with E-state index in [9.17, 15) is 4.79 Å². The highest BCUT2D eigenvalue weighted by Crippen LogP contribution is 2.39. The van der Waals surface area contributed by atoms with E-state index in [1.54, 1.807) is 0 Å². The number of benzene rings is 1. The van der Waals surface area contributed by atoms with Crippen molar-refractivity contribution in [3.05, 3.63) is 22.3 Å². The van der Waals surface area contributed by atoms with Crippen LogP contribution < -0.4 is 16.4 Å². The molecule has 0 saturated heterocycles. The summed E-state index contributed by atoms with van der Waals surface area (Å²) in [5.41, 5.74) is 10.9. The summed E-state index contributed by atoms with van der Waals surface area (Å²) in [6.07, 6.45) is 0.682. The van der Waals surface area contributed by atoms with Crippen LogP contribution in [0.15, 0.2) is 0 Å². The molecule has 5 nitrogen and oxygen atoms in total. The van der Waals surface area contributed by atoms with Gasteiger partial charge in [0.2, 0.25) is 0 Å². The third-order valence-corrected chi connectivity index (χ3v) is 3.73. The number of nitrogens with two attached hydrogens (primary N) is 2. The van der Waals surface area contributed by atoms with Gasteiger partial charge in [0, 0.05) is 5.69 Å². The summed E-state index contributed by atoms with van der Waals surface area (Å²) in [7, 11) is 0. The van der Waals surface area contributed by atoms with Gasteiger partial charge in [-0.25, -0.2) is 4.79 Å². The highest BCUT2D eigenvalue weighted by Gasteiger charge is 2.30. The summed E-state index contributed by atoms with van der Waals surface area (Å²) in [5, 5.41) is 0. The molecule has 18 heavy (non-hydrogen) atoms. The van der Waals surface area contributed by atoms with Crippen LogP contribution in [-0.2, 0) is 16.1 Å². The normalized spacial score (nSPS) is 17.9. The Kier molecular flexibility index (Phi) is 3.17. The lowest BCUT2D eigenvalue weighted by atomic mass is 9.91. The van der Waals surface area contributed by atoms with E-state index in [0.717, 1.165) is 40.1 Å². The maximum Gasteiger partial charge on any atom is 0.365 e. The maximum atomic E-state index is 11.4. The first-order chi connectivity index (χ1) is 8.47. The highest BCUT2D eigenvalue weighted by molar-refractivity contribution is 5.76. The Hall–Kier alpha value is -1.75. The fraction of sp³-hybridized carbons (Fsp3) is 0.462. The van der Waals surface area contributed by atoms with Crippen LogP contribution in [0.5, 0.6) is 5.75 Å². The molecule has 0 amide bonds. The number of ether oxygens (including phenoxy) is 1. The van der Waals surface area contributed by atoms with E-state index in [2.05, 4.69) is 4.84 Å². The van der Waals surface area contributed by atoms with E-state index in [-0.39, 0.29) is 0 Å². The van der Waals surface area contributed by atoms with Crippen LogP contribution in [0.1, 0.15) is 28.7 Å². The lowest BCUT2D eigenvalue weighted by molar-refractivity contribution is -0.153. The molecule has 0 bridgehead atoms. The van der Waals surface area contributed by atoms with E-state index in [1.807, 2.05) is 20.8 Å². The van der Waals surface area contributed by atoms with Gasteiger partial charge in [-0.1, -0.05) is 0 Å². The summed E-state index contributed by atoms with van der Waals surface area (Å²) in [4.78, 5) is 15.7. The van der Waals surface area contributed by atoms with Gasteiger partial charge in [0.15, 0.2) is 6.10 Å². The molecule has 1 aliphatic rings. The monoisotopic (exact) mass is 250 g/mol. The van der Waals surface area contributed by atoms with Gasteiger partial charge in [-0.15, -0.1) is 0 Å². The molecule has 0 spiro atoms. The molecule has 0 saturated carbocycles. The van der Waals surface area contributed by atoms with Crippen LogP contribution in [0.25, 0.3) is 0 Å². The minimum Gasteiger partial charge on any atom is -0.478 e. The molecular formula is C13H18N2O3. The molecule has 5 heteroatoms. The van der Waals surface area contributed by atoms with Crippen molar-refractivity contribution in [1.82, 2.24) is 0 Å². The Morgan fingerprint density at radius 2 is 1.94 bits per heavy atom. The SMILES string of the molecule is Cc1c(C)c2c(c(C)c1N)CCC(C(=O)ON)O2. The van der Waals surface area contributed by atoms with Crippen LogP contribution in [0.2, 0.25) is 0 Å². The first-order valence-corrected chi connectivity index (χ1v) is 5.92. The maximum absolute atomic E-state index is 11.4. The van der Waals surface area contributed by atoms with Crippen LogP contribution in [0.3, 0.4) is 0 Å². The van der Waals surface area contributed by atoms with Crippen molar-refractivity contribution in [3.63, 3.8) is 0 Å². The zero-order chi connectivity index (χ0) is 13.4. The molecule has 1 heterocycles. The zero-order valence-electron chi connectivity index (χ0n) is 10.9. The van der Waals surface area contributed by atoms with Gasteiger partial charge >= 0.3 is 5.97 Å². The van der Waals surface area contributed by atoms with Crippen molar-refractivity contribution in [1.29, 1.82) is 0 Å². The van der Waals surface area contributed by atoms with Crippen LogP contribution in [0, 0.1) is 20.8 Å². The first kappa shape index (κ1) is 12.7. The number of fused-ring (bicyclic) bond motifs is 1. The number of nitrogen functional groups attached to an aromatic ring is 1. The Balaban J connectivity index is 2.47. The summed E-state index contributed by atoms with van der Waals surface area (Å²) in [5.74, 6) is 5.11. The minimum absolute atomic E-state index is 0.535. The van der Waals surface area contributed by atoms with Gasteiger partial charge < -0.3 is 15.3 Å². The molecule has 0 aromatic heterocycles. The Labute approximate surface area is 106 Å². The second-order valence-corrected chi connectivity index (χ2v) is 4.68. The smallest absolute Gasteiger partial charge is 0.365 e. The second kappa shape index (κ2) is 4.49.